The first kappa shape index (κ1) is 26.3. The summed E-state index contributed by atoms with van der Waals surface area (Å²) < 4.78 is 5.55. The van der Waals surface area contributed by atoms with Gasteiger partial charge < -0.3 is 20.5 Å². The molecule has 3 N–H and O–H groups in total. The van der Waals surface area contributed by atoms with E-state index < -0.39 is 18.1 Å². The van der Waals surface area contributed by atoms with Gasteiger partial charge in [0.2, 0.25) is 5.91 Å². The van der Waals surface area contributed by atoms with Crippen LogP contribution in [0, 0.1) is 11.8 Å². The largest absolute Gasteiger partial charge is 0.480 e. The van der Waals surface area contributed by atoms with Crippen LogP contribution in [0.15, 0.2) is 48.5 Å². The number of carbonyl (C=O) groups is 3. The summed E-state index contributed by atoms with van der Waals surface area (Å²) in [5.74, 6) is -0.861. The van der Waals surface area contributed by atoms with Crippen LogP contribution in [-0.4, -0.2) is 42.3 Å². The predicted molar refractivity (Wildman–Crippen MR) is 135 cm³/mol. The molecule has 188 valence electrons. The molecule has 1 aliphatic carbocycles. The van der Waals surface area contributed by atoms with E-state index >= 15 is 0 Å². The zero-order valence-corrected chi connectivity index (χ0v) is 20.8. The van der Waals surface area contributed by atoms with Gasteiger partial charge >= 0.3 is 12.1 Å². The van der Waals surface area contributed by atoms with Gasteiger partial charge in [-0.1, -0.05) is 69.3 Å². The quantitative estimate of drug-likeness (QED) is 0.399. The molecule has 0 radical (unpaired) electrons. The van der Waals surface area contributed by atoms with Crippen molar-refractivity contribution >= 4 is 18.0 Å². The number of nitrogens with one attached hydrogen (secondary N) is 2. The maximum Gasteiger partial charge on any atom is 0.407 e. The number of benzene rings is 2. The van der Waals surface area contributed by atoms with Gasteiger partial charge in [-0.3, -0.25) is 4.79 Å². The Bertz CT molecular complexity index is 990. The van der Waals surface area contributed by atoms with Gasteiger partial charge in [-0.05, 0) is 53.4 Å². The van der Waals surface area contributed by atoms with Crippen LogP contribution in [0.2, 0.25) is 0 Å². The number of rotatable bonds is 12. The SMILES string of the molecule is CC(C)CC(NC(=O)CCC(C)CCNC(=O)OCC1c2ccccc2-c2ccccc21)C(=O)O. The molecule has 2 unspecified atom stereocenters. The summed E-state index contributed by atoms with van der Waals surface area (Å²) in [6.45, 7) is 6.58. The molecule has 1 aliphatic rings. The standard InChI is InChI=1S/C28H36N2O5/c1-18(2)16-25(27(32)33)30-26(31)13-12-19(3)14-15-29-28(34)35-17-24-22-10-6-4-8-20(22)21-9-5-7-11-23(21)24/h4-11,18-19,24-25H,12-17H2,1-3H3,(H,29,34)(H,30,31)(H,32,33). The number of hydrogen-bond donors (Lipinski definition) is 3. The molecule has 0 spiro atoms. The molecule has 0 aromatic heterocycles. The lowest BCUT2D eigenvalue weighted by atomic mass is 9.98. The van der Waals surface area contributed by atoms with Crippen LogP contribution in [-0.2, 0) is 14.3 Å². The lowest BCUT2D eigenvalue weighted by molar-refractivity contribution is -0.142. The van der Waals surface area contributed by atoms with E-state index in [1.165, 1.54) is 22.3 Å². The Balaban J connectivity index is 1.37. The number of carboxylic acids is 1. The second-order valence-electron chi connectivity index (χ2n) is 9.77. The molecule has 7 nitrogen and oxygen atoms in total. The molecular formula is C28H36N2O5. The van der Waals surface area contributed by atoms with Crippen molar-refractivity contribution in [2.24, 2.45) is 11.8 Å². The van der Waals surface area contributed by atoms with Crippen LogP contribution in [0.4, 0.5) is 4.79 Å². The number of carbonyl (C=O) groups excluding carboxylic acids is 2. The second-order valence-corrected chi connectivity index (χ2v) is 9.77. The van der Waals surface area contributed by atoms with Crippen molar-refractivity contribution in [1.82, 2.24) is 10.6 Å². The summed E-state index contributed by atoms with van der Waals surface area (Å²) in [5, 5.41) is 14.7. The van der Waals surface area contributed by atoms with Crippen molar-refractivity contribution in [1.29, 1.82) is 0 Å². The molecule has 2 amide bonds. The molecule has 0 bridgehead atoms. The first-order valence-electron chi connectivity index (χ1n) is 12.4. The molecule has 3 rings (SSSR count). The zero-order valence-electron chi connectivity index (χ0n) is 20.8. The Morgan fingerprint density at radius 3 is 2.11 bits per heavy atom. The minimum Gasteiger partial charge on any atom is -0.480 e. The highest BCUT2D eigenvalue weighted by molar-refractivity contribution is 5.83. The summed E-state index contributed by atoms with van der Waals surface area (Å²) in [7, 11) is 0. The van der Waals surface area contributed by atoms with E-state index in [0.717, 1.165) is 0 Å². The summed E-state index contributed by atoms with van der Waals surface area (Å²) in [5.41, 5.74) is 4.72. The van der Waals surface area contributed by atoms with E-state index in [2.05, 4.69) is 34.9 Å². The van der Waals surface area contributed by atoms with Crippen molar-refractivity contribution < 1.29 is 24.2 Å². The van der Waals surface area contributed by atoms with Crippen molar-refractivity contribution in [2.75, 3.05) is 13.2 Å². The van der Waals surface area contributed by atoms with E-state index in [4.69, 9.17) is 4.74 Å². The normalized spacial score (nSPS) is 14.1. The summed E-state index contributed by atoms with van der Waals surface area (Å²) in [6, 6.07) is 15.6. The number of alkyl carbamates (subject to hydrolysis) is 1. The Labute approximate surface area is 207 Å². The van der Waals surface area contributed by atoms with Crippen molar-refractivity contribution in [2.45, 2.75) is 58.4 Å². The number of hydrogen-bond acceptors (Lipinski definition) is 4. The van der Waals surface area contributed by atoms with E-state index in [1.807, 2.05) is 45.0 Å². The number of aliphatic carboxylic acids is 1. The average Bonchev–Trinajstić information content (AvgIpc) is 3.14. The minimum absolute atomic E-state index is 0.0240. The van der Waals surface area contributed by atoms with Gasteiger partial charge in [0, 0.05) is 18.9 Å². The summed E-state index contributed by atoms with van der Waals surface area (Å²) in [4.78, 5) is 35.7. The van der Waals surface area contributed by atoms with Crippen molar-refractivity contribution in [3.63, 3.8) is 0 Å². The Morgan fingerprint density at radius 2 is 1.54 bits per heavy atom. The highest BCUT2D eigenvalue weighted by atomic mass is 16.5. The maximum absolute atomic E-state index is 12.3. The molecule has 2 aromatic carbocycles. The second kappa shape index (κ2) is 12.4. The fourth-order valence-corrected chi connectivity index (χ4v) is 4.55. The van der Waals surface area contributed by atoms with Crippen molar-refractivity contribution in [3.05, 3.63) is 59.7 Å². The Morgan fingerprint density at radius 1 is 0.943 bits per heavy atom. The van der Waals surface area contributed by atoms with Crippen LogP contribution in [0.1, 0.15) is 63.5 Å². The third kappa shape index (κ3) is 7.31. The minimum atomic E-state index is -1.01. The molecule has 0 aliphatic heterocycles. The van der Waals surface area contributed by atoms with Crippen molar-refractivity contribution in [3.8, 4) is 11.1 Å². The molecule has 2 aromatic rings. The van der Waals surface area contributed by atoms with Gasteiger partial charge in [0.25, 0.3) is 0 Å². The monoisotopic (exact) mass is 480 g/mol. The lowest BCUT2D eigenvalue weighted by Gasteiger charge is -2.17. The molecule has 2 atom stereocenters. The first-order valence-corrected chi connectivity index (χ1v) is 12.4. The van der Waals surface area contributed by atoms with E-state index in [9.17, 15) is 19.5 Å². The highest BCUT2D eigenvalue weighted by Crippen LogP contribution is 2.44. The molecule has 0 saturated carbocycles. The van der Waals surface area contributed by atoms with Gasteiger partial charge in [0.1, 0.15) is 12.6 Å². The Kier molecular flexibility index (Phi) is 9.29. The van der Waals surface area contributed by atoms with E-state index in [1.54, 1.807) is 0 Å². The predicted octanol–water partition coefficient (Wildman–Crippen LogP) is 4.95. The zero-order chi connectivity index (χ0) is 25.4. The number of ether oxygens (including phenoxy) is 1. The van der Waals surface area contributed by atoms with E-state index in [0.29, 0.717) is 25.8 Å². The van der Waals surface area contributed by atoms with Crippen LogP contribution in [0.5, 0.6) is 0 Å². The molecular weight excluding hydrogens is 444 g/mol. The molecule has 7 heteroatoms. The molecule has 0 fully saturated rings. The van der Waals surface area contributed by atoms with Crippen LogP contribution in [0.25, 0.3) is 11.1 Å². The van der Waals surface area contributed by atoms with Gasteiger partial charge in [0.05, 0.1) is 0 Å². The summed E-state index contributed by atoms with van der Waals surface area (Å²) >= 11 is 0. The smallest absolute Gasteiger partial charge is 0.407 e. The molecule has 0 saturated heterocycles. The molecule has 0 heterocycles. The number of amides is 2. The summed E-state index contributed by atoms with van der Waals surface area (Å²) in [6.07, 6.45) is 1.53. The van der Waals surface area contributed by atoms with Gasteiger partial charge in [-0.2, -0.15) is 0 Å². The third-order valence-electron chi connectivity index (χ3n) is 6.45. The Hall–Kier alpha value is -3.35. The highest BCUT2D eigenvalue weighted by Gasteiger charge is 2.29. The maximum atomic E-state index is 12.3. The lowest BCUT2D eigenvalue weighted by Crippen LogP contribution is -2.41. The number of fused-ring (bicyclic) bond motifs is 3. The third-order valence-corrected chi connectivity index (χ3v) is 6.45. The van der Waals surface area contributed by atoms with E-state index in [-0.39, 0.29) is 36.7 Å². The topological polar surface area (TPSA) is 105 Å². The van der Waals surface area contributed by atoms with Crippen LogP contribution >= 0.6 is 0 Å². The fraction of sp³-hybridized carbons (Fsp3) is 0.464. The van der Waals surface area contributed by atoms with Gasteiger partial charge in [0.15, 0.2) is 0 Å². The van der Waals surface area contributed by atoms with Gasteiger partial charge in [-0.15, -0.1) is 0 Å². The molecule has 35 heavy (non-hydrogen) atoms. The fourth-order valence-electron chi connectivity index (χ4n) is 4.55. The average molecular weight is 481 g/mol. The first-order chi connectivity index (χ1) is 16.8. The van der Waals surface area contributed by atoms with Crippen LogP contribution < -0.4 is 10.6 Å². The number of carboxylic acid groups (broad SMARTS) is 1. The van der Waals surface area contributed by atoms with Crippen LogP contribution in [0.3, 0.4) is 0 Å². The van der Waals surface area contributed by atoms with Gasteiger partial charge in [-0.25, -0.2) is 9.59 Å².